The Morgan fingerprint density at radius 3 is 2.68 bits per heavy atom. The van der Waals surface area contributed by atoms with Crippen LogP contribution in [0.5, 0.6) is 5.75 Å². The molecule has 1 aromatic carbocycles. The van der Waals surface area contributed by atoms with Crippen molar-refractivity contribution in [3.63, 3.8) is 0 Å². The molecule has 0 bridgehead atoms. The molecular formula is C19H24N3O2S+. The van der Waals surface area contributed by atoms with Gasteiger partial charge in [0.15, 0.2) is 0 Å². The van der Waals surface area contributed by atoms with Crippen LogP contribution in [0, 0.1) is 0 Å². The number of fused-ring (bicyclic) bond motifs is 3. The van der Waals surface area contributed by atoms with Crippen LogP contribution in [0.4, 0.5) is 5.00 Å². The number of methoxy groups -OCH3 is 1. The predicted octanol–water partition coefficient (Wildman–Crippen LogP) is 1.96. The largest absolute Gasteiger partial charge is 0.497 e. The summed E-state index contributed by atoms with van der Waals surface area (Å²) < 4.78 is 5.21. The zero-order valence-corrected chi connectivity index (χ0v) is 15.6. The minimum Gasteiger partial charge on any atom is -0.497 e. The van der Waals surface area contributed by atoms with E-state index < -0.39 is 0 Å². The normalized spacial score (nSPS) is 22.0. The van der Waals surface area contributed by atoms with E-state index in [0.29, 0.717) is 6.04 Å². The van der Waals surface area contributed by atoms with Crippen molar-refractivity contribution in [2.45, 2.75) is 39.0 Å². The summed E-state index contributed by atoms with van der Waals surface area (Å²) in [4.78, 5) is 15.7. The van der Waals surface area contributed by atoms with E-state index in [0.717, 1.165) is 41.4 Å². The van der Waals surface area contributed by atoms with Crippen molar-refractivity contribution in [2.24, 2.45) is 0 Å². The molecule has 2 aliphatic rings. The molecule has 6 heteroatoms. The molecule has 25 heavy (non-hydrogen) atoms. The van der Waals surface area contributed by atoms with Gasteiger partial charge in [-0.15, -0.1) is 11.3 Å². The smallest absolute Gasteiger partial charge is 0.256 e. The van der Waals surface area contributed by atoms with Gasteiger partial charge >= 0.3 is 0 Å². The SMILES string of the molecule is COc1ccc([C@H]2NC(=O)c3c(sc4c3CC[NH+](C(C)C)C4)N2)cc1. The van der Waals surface area contributed by atoms with Crippen LogP contribution in [0.15, 0.2) is 24.3 Å². The minimum atomic E-state index is -0.195. The molecule has 132 valence electrons. The van der Waals surface area contributed by atoms with E-state index in [9.17, 15) is 4.79 Å². The van der Waals surface area contributed by atoms with Gasteiger partial charge in [0.2, 0.25) is 0 Å². The van der Waals surface area contributed by atoms with E-state index in [-0.39, 0.29) is 12.1 Å². The second kappa shape index (κ2) is 6.35. The Morgan fingerprint density at radius 2 is 2.00 bits per heavy atom. The van der Waals surface area contributed by atoms with Crippen molar-refractivity contribution in [1.82, 2.24) is 5.32 Å². The lowest BCUT2D eigenvalue weighted by Crippen LogP contribution is -3.14. The lowest BCUT2D eigenvalue weighted by Gasteiger charge is -2.28. The Bertz CT molecular complexity index is 798. The molecule has 1 amide bonds. The standard InChI is InChI=1S/C19H23N3O2S/c1-11(2)22-9-8-14-15(10-22)25-19-16(14)18(23)20-17(21-19)12-4-6-13(24-3)7-5-12/h4-7,11,17,21H,8-10H2,1-3H3,(H,20,23)/p+1/t17-/m0/s1. The predicted molar refractivity (Wildman–Crippen MR) is 99.5 cm³/mol. The number of carbonyl (C=O) groups excluding carboxylic acids is 1. The number of ether oxygens (including phenoxy) is 1. The van der Waals surface area contributed by atoms with Crippen LogP contribution in [-0.4, -0.2) is 25.6 Å². The maximum absolute atomic E-state index is 12.8. The summed E-state index contributed by atoms with van der Waals surface area (Å²) in [5.41, 5.74) is 3.15. The molecule has 2 aliphatic heterocycles. The molecule has 3 N–H and O–H groups in total. The number of carbonyl (C=O) groups is 1. The molecular weight excluding hydrogens is 334 g/mol. The van der Waals surface area contributed by atoms with Crippen molar-refractivity contribution in [1.29, 1.82) is 0 Å². The van der Waals surface area contributed by atoms with Crippen molar-refractivity contribution >= 4 is 22.2 Å². The highest BCUT2D eigenvalue weighted by Gasteiger charge is 2.35. The molecule has 0 spiro atoms. The Labute approximate surface area is 152 Å². The van der Waals surface area contributed by atoms with Crippen LogP contribution < -0.4 is 20.3 Å². The van der Waals surface area contributed by atoms with Gasteiger partial charge in [-0.1, -0.05) is 12.1 Å². The molecule has 0 fully saturated rings. The molecule has 2 atom stereocenters. The fraction of sp³-hybridized carbons (Fsp3) is 0.421. The lowest BCUT2D eigenvalue weighted by molar-refractivity contribution is -0.936. The van der Waals surface area contributed by atoms with Gasteiger partial charge in [-0.3, -0.25) is 4.79 Å². The Kier molecular flexibility index (Phi) is 4.17. The zero-order valence-electron chi connectivity index (χ0n) is 14.8. The molecule has 2 aromatic rings. The van der Waals surface area contributed by atoms with Crippen LogP contribution >= 0.6 is 11.3 Å². The number of rotatable bonds is 3. The van der Waals surface area contributed by atoms with Crippen LogP contribution in [0.1, 0.15) is 46.4 Å². The quantitative estimate of drug-likeness (QED) is 0.786. The molecule has 0 saturated heterocycles. The molecule has 0 aliphatic carbocycles. The third-order valence-corrected chi connectivity index (χ3v) is 6.38. The maximum Gasteiger partial charge on any atom is 0.256 e. The highest BCUT2D eigenvalue weighted by molar-refractivity contribution is 7.16. The number of hydrogen-bond acceptors (Lipinski definition) is 4. The van der Waals surface area contributed by atoms with E-state index >= 15 is 0 Å². The first kappa shape index (κ1) is 16.4. The van der Waals surface area contributed by atoms with Gasteiger partial charge in [0, 0.05) is 6.42 Å². The average Bonchev–Trinajstić information content (AvgIpc) is 2.99. The van der Waals surface area contributed by atoms with Crippen LogP contribution in [0.2, 0.25) is 0 Å². The first-order valence-electron chi connectivity index (χ1n) is 8.77. The number of benzene rings is 1. The number of nitrogens with one attached hydrogen (secondary N) is 3. The van der Waals surface area contributed by atoms with Gasteiger partial charge in [-0.25, -0.2) is 0 Å². The summed E-state index contributed by atoms with van der Waals surface area (Å²) in [6.07, 6.45) is 0.788. The minimum absolute atomic E-state index is 0.0417. The van der Waals surface area contributed by atoms with Crippen LogP contribution in [-0.2, 0) is 13.0 Å². The number of anilines is 1. The summed E-state index contributed by atoms with van der Waals surface area (Å²) in [7, 11) is 1.65. The zero-order chi connectivity index (χ0) is 17.6. The second-order valence-corrected chi connectivity index (χ2v) is 8.13. The molecule has 1 aromatic heterocycles. The molecule has 4 rings (SSSR count). The topological polar surface area (TPSA) is 54.8 Å². The fourth-order valence-corrected chi connectivity index (χ4v) is 4.99. The second-order valence-electron chi connectivity index (χ2n) is 7.02. The van der Waals surface area contributed by atoms with Crippen molar-refractivity contribution in [2.75, 3.05) is 19.0 Å². The van der Waals surface area contributed by atoms with Gasteiger partial charge in [0.25, 0.3) is 5.91 Å². The van der Waals surface area contributed by atoms with Gasteiger partial charge in [0.05, 0.1) is 30.1 Å². The highest BCUT2D eigenvalue weighted by atomic mass is 32.1. The Morgan fingerprint density at radius 1 is 1.24 bits per heavy atom. The fourth-order valence-electron chi connectivity index (χ4n) is 3.67. The summed E-state index contributed by atoms with van der Waals surface area (Å²) in [6.45, 7) is 6.65. The number of quaternary nitrogens is 1. The Balaban J connectivity index is 1.62. The van der Waals surface area contributed by atoms with E-state index in [1.807, 2.05) is 24.3 Å². The maximum atomic E-state index is 12.8. The van der Waals surface area contributed by atoms with E-state index in [1.54, 1.807) is 23.3 Å². The average molecular weight is 358 g/mol. The van der Waals surface area contributed by atoms with E-state index in [1.165, 1.54) is 10.4 Å². The van der Waals surface area contributed by atoms with E-state index in [2.05, 4.69) is 24.5 Å². The lowest BCUT2D eigenvalue weighted by atomic mass is 9.99. The molecule has 0 radical (unpaired) electrons. The summed E-state index contributed by atoms with van der Waals surface area (Å²) in [5, 5.41) is 7.64. The van der Waals surface area contributed by atoms with Crippen molar-refractivity contribution in [3.8, 4) is 5.75 Å². The van der Waals surface area contributed by atoms with Gasteiger partial charge in [0.1, 0.15) is 23.5 Å². The molecule has 1 unspecified atom stereocenters. The van der Waals surface area contributed by atoms with Crippen molar-refractivity contribution in [3.05, 3.63) is 45.8 Å². The monoisotopic (exact) mass is 358 g/mol. The van der Waals surface area contributed by atoms with E-state index in [4.69, 9.17) is 4.74 Å². The van der Waals surface area contributed by atoms with Crippen LogP contribution in [0.25, 0.3) is 0 Å². The van der Waals surface area contributed by atoms with Gasteiger partial charge in [-0.05, 0) is 37.1 Å². The first-order chi connectivity index (χ1) is 12.1. The number of thiophene rings is 1. The highest BCUT2D eigenvalue weighted by Crippen LogP contribution is 2.39. The molecule has 5 nitrogen and oxygen atoms in total. The third-order valence-electron chi connectivity index (χ3n) is 5.22. The first-order valence-corrected chi connectivity index (χ1v) is 9.59. The van der Waals surface area contributed by atoms with Gasteiger partial charge in [-0.2, -0.15) is 0 Å². The van der Waals surface area contributed by atoms with Crippen molar-refractivity contribution < 1.29 is 14.4 Å². The van der Waals surface area contributed by atoms with Crippen LogP contribution in [0.3, 0.4) is 0 Å². The molecule has 0 saturated carbocycles. The summed E-state index contributed by atoms with van der Waals surface area (Å²) in [6, 6.07) is 8.42. The summed E-state index contributed by atoms with van der Waals surface area (Å²) in [5.74, 6) is 0.856. The number of amides is 1. The third kappa shape index (κ3) is 2.89. The Hall–Kier alpha value is -2.05. The molecule has 3 heterocycles. The summed E-state index contributed by atoms with van der Waals surface area (Å²) >= 11 is 1.75. The number of hydrogen-bond donors (Lipinski definition) is 3. The van der Waals surface area contributed by atoms with Gasteiger partial charge < -0.3 is 20.3 Å².